The fourth-order valence-corrected chi connectivity index (χ4v) is 3.66. The third-order valence-corrected chi connectivity index (χ3v) is 5.14. The molecule has 1 aromatic heterocycles. The second-order valence-corrected chi connectivity index (χ2v) is 6.94. The van der Waals surface area contributed by atoms with Crippen LogP contribution in [0.15, 0.2) is 29.1 Å². The van der Waals surface area contributed by atoms with Gasteiger partial charge in [0.05, 0.1) is 0 Å². The molecule has 25 heavy (non-hydrogen) atoms. The highest BCUT2D eigenvalue weighted by Crippen LogP contribution is 2.16. The molecule has 0 bridgehead atoms. The van der Waals surface area contributed by atoms with Gasteiger partial charge >= 0.3 is 0 Å². The normalized spacial score (nSPS) is 17.9. The maximum absolute atomic E-state index is 12.2. The predicted molar refractivity (Wildman–Crippen MR) is 101 cm³/mol. The molecular weight excluding hydrogens is 314 g/mol. The van der Waals surface area contributed by atoms with Crippen molar-refractivity contribution in [2.75, 3.05) is 19.6 Å². The Hall–Kier alpha value is -2.14. The van der Waals surface area contributed by atoms with Crippen molar-refractivity contribution in [2.45, 2.75) is 45.6 Å². The van der Waals surface area contributed by atoms with Crippen molar-refractivity contribution in [2.24, 2.45) is 0 Å². The van der Waals surface area contributed by atoms with Crippen LogP contribution >= 0.6 is 0 Å². The molecule has 2 heterocycles. The molecule has 0 spiro atoms. The summed E-state index contributed by atoms with van der Waals surface area (Å²) in [5.41, 5.74) is 2.53. The lowest BCUT2D eigenvalue weighted by Crippen LogP contribution is -2.40. The number of aromatic amines is 1. The van der Waals surface area contributed by atoms with Gasteiger partial charge in [0.15, 0.2) is 0 Å². The first kappa shape index (κ1) is 17.7. The molecule has 3 rings (SSSR count). The summed E-state index contributed by atoms with van der Waals surface area (Å²) < 4.78 is 0. The van der Waals surface area contributed by atoms with E-state index in [-0.39, 0.29) is 11.5 Å². The number of amides is 1. The number of fused-ring (bicyclic) bond motifs is 1. The Morgan fingerprint density at radius 2 is 2.20 bits per heavy atom. The van der Waals surface area contributed by atoms with Crippen LogP contribution < -0.4 is 10.9 Å². The van der Waals surface area contributed by atoms with Crippen LogP contribution in [-0.2, 0) is 11.2 Å². The van der Waals surface area contributed by atoms with E-state index in [4.69, 9.17) is 0 Å². The monoisotopic (exact) mass is 341 g/mol. The summed E-state index contributed by atoms with van der Waals surface area (Å²) in [4.78, 5) is 29.7. The second kappa shape index (κ2) is 7.83. The van der Waals surface area contributed by atoms with Gasteiger partial charge in [0.2, 0.25) is 5.91 Å². The van der Waals surface area contributed by atoms with Crippen LogP contribution in [0.25, 0.3) is 10.9 Å². The SMILES string of the molecule is CCN1CCCC1CNC(=O)CCc1cc2ccc(C)cc2[nH]c1=O. The highest BCUT2D eigenvalue weighted by molar-refractivity contribution is 5.80. The lowest BCUT2D eigenvalue weighted by molar-refractivity contribution is -0.121. The Bertz CT molecular complexity index is 812. The van der Waals surface area contributed by atoms with Crippen molar-refractivity contribution in [1.29, 1.82) is 0 Å². The number of nitrogens with one attached hydrogen (secondary N) is 2. The minimum Gasteiger partial charge on any atom is -0.355 e. The van der Waals surface area contributed by atoms with Gasteiger partial charge in [-0.2, -0.15) is 0 Å². The van der Waals surface area contributed by atoms with E-state index in [1.807, 2.05) is 31.2 Å². The van der Waals surface area contributed by atoms with Crippen LogP contribution in [-0.4, -0.2) is 41.5 Å². The van der Waals surface area contributed by atoms with E-state index in [1.165, 1.54) is 6.42 Å². The summed E-state index contributed by atoms with van der Waals surface area (Å²) in [6, 6.07) is 8.36. The number of H-pyrrole nitrogens is 1. The fourth-order valence-electron chi connectivity index (χ4n) is 3.66. The van der Waals surface area contributed by atoms with Gasteiger partial charge in [0.25, 0.3) is 5.56 Å². The number of rotatable bonds is 6. The van der Waals surface area contributed by atoms with Gasteiger partial charge in [0.1, 0.15) is 0 Å². The molecule has 134 valence electrons. The van der Waals surface area contributed by atoms with Crippen molar-refractivity contribution in [3.63, 3.8) is 0 Å². The number of carbonyl (C=O) groups is 1. The Balaban J connectivity index is 1.57. The zero-order valence-corrected chi connectivity index (χ0v) is 15.1. The van der Waals surface area contributed by atoms with Crippen LogP contribution in [0.2, 0.25) is 0 Å². The minimum atomic E-state index is -0.0983. The Labute approximate surface area is 148 Å². The zero-order chi connectivity index (χ0) is 17.8. The molecular formula is C20H27N3O2. The van der Waals surface area contributed by atoms with Crippen molar-refractivity contribution in [1.82, 2.24) is 15.2 Å². The minimum absolute atomic E-state index is 0.0198. The number of benzene rings is 1. The third kappa shape index (κ3) is 4.28. The molecule has 2 N–H and O–H groups in total. The number of aromatic nitrogens is 1. The molecule has 5 heteroatoms. The van der Waals surface area contributed by atoms with E-state index in [0.29, 0.717) is 31.0 Å². The van der Waals surface area contributed by atoms with Crippen molar-refractivity contribution < 1.29 is 4.79 Å². The highest BCUT2D eigenvalue weighted by atomic mass is 16.1. The molecule has 0 radical (unpaired) electrons. The van der Waals surface area contributed by atoms with Gasteiger partial charge in [-0.25, -0.2) is 0 Å². The molecule has 1 atom stereocenters. The van der Waals surface area contributed by atoms with E-state index in [0.717, 1.165) is 36.0 Å². The molecule has 2 aromatic rings. The molecule has 1 saturated heterocycles. The quantitative estimate of drug-likeness (QED) is 0.848. The number of likely N-dealkylation sites (N-methyl/N-ethyl adjacent to an activating group) is 1. The van der Waals surface area contributed by atoms with Crippen LogP contribution in [0.5, 0.6) is 0 Å². The molecule has 1 amide bonds. The summed E-state index contributed by atoms with van der Waals surface area (Å²) in [6.07, 6.45) is 3.17. The molecule has 0 aliphatic carbocycles. The fraction of sp³-hybridized carbons (Fsp3) is 0.500. The average molecular weight is 341 g/mol. The van der Waals surface area contributed by atoms with E-state index < -0.39 is 0 Å². The largest absolute Gasteiger partial charge is 0.355 e. The Morgan fingerprint density at radius 1 is 1.36 bits per heavy atom. The van der Waals surface area contributed by atoms with Crippen molar-refractivity contribution >= 4 is 16.8 Å². The van der Waals surface area contributed by atoms with Gasteiger partial charge in [-0.3, -0.25) is 14.5 Å². The van der Waals surface area contributed by atoms with E-state index >= 15 is 0 Å². The Kier molecular flexibility index (Phi) is 5.53. The van der Waals surface area contributed by atoms with Crippen LogP contribution in [0.4, 0.5) is 0 Å². The van der Waals surface area contributed by atoms with Gasteiger partial charge in [-0.05, 0) is 62.4 Å². The van der Waals surface area contributed by atoms with Crippen LogP contribution in [0, 0.1) is 6.92 Å². The maximum Gasteiger partial charge on any atom is 0.251 e. The van der Waals surface area contributed by atoms with E-state index in [2.05, 4.69) is 22.1 Å². The summed E-state index contributed by atoms with van der Waals surface area (Å²) in [5.74, 6) is 0.0198. The summed E-state index contributed by atoms with van der Waals surface area (Å²) in [6.45, 7) is 7.03. The average Bonchev–Trinajstić information content (AvgIpc) is 3.05. The summed E-state index contributed by atoms with van der Waals surface area (Å²) >= 11 is 0. The summed E-state index contributed by atoms with van der Waals surface area (Å²) in [5, 5.41) is 4.04. The lowest BCUT2D eigenvalue weighted by atomic mass is 10.1. The topological polar surface area (TPSA) is 65.2 Å². The number of hydrogen-bond donors (Lipinski definition) is 2. The number of hydrogen-bond acceptors (Lipinski definition) is 3. The smallest absolute Gasteiger partial charge is 0.251 e. The molecule has 1 aromatic carbocycles. The van der Waals surface area contributed by atoms with Crippen molar-refractivity contribution in [3.8, 4) is 0 Å². The van der Waals surface area contributed by atoms with Gasteiger partial charge < -0.3 is 10.3 Å². The standard InChI is InChI=1S/C20H27N3O2/c1-3-23-10-4-5-17(23)13-21-19(24)9-8-16-12-15-7-6-14(2)11-18(15)22-20(16)25/h6-7,11-12,17H,3-5,8-10,13H2,1-2H3,(H,21,24)(H,22,25). The van der Waals surface area contributed by atoms with E-state index in [1.54, 1.807) is 0 Å². The zero-order valence-electron chi connectivity index (χ0n) is 15.1. The first-order valence-corrected chi connectivity index (χ1v) is 9.20. The maximum atomic E-state index is 12.2. The van der Waals surface area contributed by atoms with Gasteiger partial charge in [-0.15, -0.1) is 0 Å². The molecule has 1 aliphatic rings. The first-order valence-electron chi connectivity index (χ1n) is 9.20. The number of nitrogens with zero attached hydrogens (tertiary/aromatic N) is 1. The van der Waals surface area contributed by atoms with Gasteiger partial charge in [-0.1, -0.05) is 19.1 Å². The lowest BCUT2D eigenvalue weighted by Gasteiger charge is -2.22. The van der Waals surface area contributed by atoms with Gasteiger partial charge in [0, 0.05) is 30.1 Å². The van der Waals surface area contributed by atoms with Crippen LogP contribution in [0.3, 0.4) is 0 Å². The predicted octanol–water partition coefficient (Wildman–Crippen LogP) is 2.37. The molecule has 1 fully saturated rings. The third-order valence-electron chi connectivity index (χ3n) is 5.14. The molecule has 0 saturated carbocycles. The highest BCUT2D eigenvalue weighted by Gasteiger charge is 2.23. The number of carbonyl (C=O) groups excluding carboxylic acids is 1. The molecule has 5 nitrogen and oxygen atoms in total. The number of pyridine rings is 1. The Morgan fingerprint density at radius 3 is 3.00 bits per heavy atom. The summed E-state index contributed by atoms with van der Waals surface area (Å²) in [7, 11) is 0. The first-order chi connectivity index (χ1) is 12.1. The van der Waals surface area contributed by atoms with Crippen molar-refractivity contribution in [3.05, 3.63) is 45.7 Å². The molecule has 1 unspecified atom stereocenters. The van der Waals surface area contributed by atoms with E-state index in [9.17, 15) is 9.59 Å². The van der Waals surface area contributed by atoms with Crippen LogP contribution in [0.1, 0.15) is 37.3 Å². The second-order valence-electron chi connectivity index (χ2n) is 6.94. The number of aryl methyl sites for hydroxylation is 2. The molecule has 1 aliphatic heterocycles. The number of likely N-dealkylation sites (tertiary alicyclic amines) is 1.